The van der Waals surface area contributed by atoms with E-state index in [1.807, 2.05) is 0 Å². The SMILES string of the molecule is O=C(NCC1CCCO1)c1ccc(S(=O)(=O)c2ccc(Cl)cc2)s1. The van der Waals surface area contributed by atoms with Crippen LogP contribution >= 0.6 is 22.9 Å². The van der Waals surface area contributed by atoms with Crippen LogP contribution in [0.5, 0.6) is 0 Å². The Hall–Kier alpha value is -1.41. The zero-order valence-corrected chi connectivity index (χ0v) is 15.1. The summed E-state index contributed by atoms with van der Waals surface area (Å²) in [4.78, 5) is 12.7. The van der Waals surface area contributed by atoms with E-state index in [0.717, 1.165) is 30.8 Å². The van der Waals surface area contributed by atoms with Gasteiger partial charge in [0.25, 0.3) is 5.91 Å². The number of sulfone groups is 1. The highest BCUT2D eigenvalue weighted by atomic mass is 35.5. The topological polar surface area (TPSA) is 72.5 Å². The van der Waals surface area contributed by atoms with Crippen LogP contribution < -0.4 is 5.32 Å². The van der Waals surface area contributed by atoms with Crippen LogP contribution in [0.2, 0.25) is 5.02 Å². The summed E-state index contributed by atoms with van der Waals surface area (Å²) in [5.74, 6) is -0.284. The van der Waals surface area contributed by atoms with Crippen LogP contribution in [0.15, 0.2) is 45.5 Å². The van der Waals surface area contributed by atoms with Gasteiger partial charge < -0.3 is 10.1 Å². The van der Waals surface area contributed by atoms with Crippen LogP contribution in [0.1, 0.15) is 22.5 Å². The van der Waals surface area contributed by atoms with Crippen LogP contribution in [-0.2, 0) is 14.6 Å². The van der Waals surface area contributed by atoms with Crippen molar-refractivity contribution >= 4 is 38.7 Å². The van der Waals surface area contributed by atoms with Gasteiger partial charge in [-0.2, -0.15) is 0 Å². The molecule has 24 heavy (non-hydrogen) atoms. The molecule has 0 saturated carbocycles. The molecule has 0 bridgehead atoms. The second kappa shape index (κ2) is 7.23. The van der Waals surface area contributed by atoms with E-state index in [1.165, 1.54) is 36.4 Å². The Labute approximate surface area is 149 Å². The van der Waals surface area contributed by atoms with Crippen LogP contribution in [0, 0.1) is 0 Å². The zero-order chi connectivity index (χ0) is 17.2. The van der Waals surface area contributed by atoms with Gasteiger partial charge in [0.05, 0.1) is 15.9 Å². The number of hydrogen-bond acceptors (Lipinski definition) is 5. The van der Waals surface area contributed by atoms with Crippen molar-refractivity contribution in [1.29, 1.82) is 0 Å². The van der Waals surface area contributed by atoms with Gasteiger partial charge in [0.15, 0.2) is 0 Å². The van der Waals surface area contributed by atoms with Crippen molar-refractivity contribution in [1.82, 2.24) is 5.32 Å². The van der Waals surface area contributed by atoms with Crippen molar-refractivity contribution in [3.63, 3.8) is 0 Å². The highest BCUT2D eigenvalue weighted by Crippen LogP contribution is 2.28. The van der Waals surface area contributed by atoms with Crippen LogP contribution in [0.25, 0.3) is 0 Å². The normalized spacial score (nSPS) is 17.8. The van der Waals surface area contributed by atoms with E-state index in [9.17, 15) is 13.2 Å². The molecule has 1 aromatic carbocycles. The molecule has 1 aromatic heterocycles. The summed E-state index contributed by atoms with van der Waals surface area (Å²) < 4.78 is 30.7. The number of rotatable bonds is 5. The molecule has 1 aliphatic rings. The van der Waals surface area contributed by atoms with Crippen molar-refractivity contribution < 1.29 is 17.9 Å². The quantitative estimate of drug-likeness (QED) is 0.858. The average Bonchev–Trinajstić information content (AvgIpc) is 3.25. The number of carbonyl (C=O) groups is 1. The maximum absolute atomic E-state index is 12.6. The number of benzene rings is 1. The van der Waals surface area contributed by atoms with Gasteiger partial charge in [-0.3, -0.25) is 4.79 Å². The van der Waals surface area contributed by atoms with Gasteiger partial charge in [0, 0.05) is 18.2 Å². The van der Waals surface area contributed by atoms with Gasteiger partial charge in [-0.1, -0.05) is 11.6 Å². The van der Waals surface area contributed by atoms with Crippen molar-refractivity contribution in [3.8, 4) is 0 Å². The zero-order valence-electron chi connectivity index (χ0n) is 12.7. The first-order valence-corrected chi connectivity index (χ1v) is 10.1. The second-order valence-electron chi connectivity index (χ2n) is 5.42. The van der Waals surface area contributed by atoms with E-state index >= 15 is 0 Å². The summed E-state index contributed by atoms with van der Waals surface area (Å²) in [7, 11) is -3.64. The Balaban J connectivity index is 1.72. The molecule has 3 rings (SSSR count). The van der Waals surface area contributed by atoms with E-state index < -0.39 is 9.84 Å². The van der Waals surface area contributed by atoms with Crippen molar-refractivity contribution in [2.75, 3.05) is 13.2 Å². The smallest absolute Gasteiger partial charge is 0.261 e. The predicted octanol–water partition coefficient (Wildman–Crippen LogP) is 3.14. The molecule has 0 spiro atoms. The van der Waals surface area contributed by atoms with E-state index in [2.05, 4.69) is 5.32 Å². The summed E-state index contributed by atoms with van der Waals surface area (Å²) in [6.45, 7) is 1.17. The third-order valence-corrected chi connectivity index (χ3v) is 7.31. The highest BCUT2D eigenvalue weighted by molar-refractivity contribution is 7.93. The van der Waals surface area contributed by atoms with Crippen LogP contribution in [0.3, 0.4) is 0 Å². The van der Waals surface area contributed by atoms with Gasteiger partial charge in [0.1, 0.15) is 4.21 Å². The van der Waals surface area contributed by atoms with E-state index in [1.54, 1.807) is 0 Å². The minimum Gasteiger partial charge on any atom is -0.376 e. The predicted molar refractivity (Wildman–Crippen MR) is 92.5 cm³/mol. The summed E-state index contributed by atoms with van der Waals surface area (Å²) >= 11 is 6.74. The van der Waals surface area contributed by atoms with E-state index in [4.69, 9.17) is 16.3 Å². The third kappa shape index (κ3) is 3.80. The number of nitrogens with one attached hydrogen (secondary N) is 1. The molecule has 2 heterocycles. The fourth-order valence-corrected chi connectivity index (χ4v) is 5.17. The molecular weight excluding hydrogens is 370 g/mol. The minimum atomic E-state index is -3.64. The van der Waals surface area contributed by atoms with Crippen molar-refractivity contribution in [3.05, 3.63) is 46.3 Å². The Morgan fingerprint density at radius 3 is 2.67 bits per heavy atom. The van der Waals surface area contributed by atoms with Gasteiger partial charge in [-0.05, 0) is 49.2 Å². The second-order valence-corrected chi connectivity index (χ2v) is 9.12. The van der Waals surface area contributed by atoms with Crippen molar-refractivity contribution in [2.24, 2.45) is 0 Å². The molecule has 2 aromatic rings. The monoisotopic (exact) mass is 385 g/mol. The number of thiophene rings is 1. The number of amides is 1. The Bertz CT molecular complexity index is 824. The lowest BCUT2D eigenvalue weighted by atomic mass is 10.2. The summed E-state index contributed by atoms with van der Waals surface area (Å²) in [6, 6.07) is 8.94. The first-order chi connectivity index (χ1) is 11.5. The molecule has 0 aliphatic carbocycles. The van der Waals surface area contributed by atoms with E-state index in [0.29, 0.717) is 16.4 Å². The molecule has 1 aliphatic heterocycles. The molecule has 5 nitrogen and oxygen atoms in total. The fourth-order valence-electron chi connectivity index (χ4n) is 2.42. The Kier molecular flexibility index (Phi) is 5.24. The summed E-state index contributed by atoms with van der Waals surface area (Å²) in [5.41, 5.74) is 0. The standard InChI is InChI=1S/C16H16ClNO4S2/c17-11-3-5-13(6-4-11)24(20,21)15-8-7-14(23-15)16(19)18-10-12-2-1-9-22-12/h3-8,12H,1-2,9-10H2,(H,18,19). The molecule has 1 atom stereocenters. The molecule has 1 amide bonds. The number of hydrogen-bond donors (Lipinski definition) is 1. The maximum Gasteiger partial charge on any atom is 0.261 e. The molecule has 8 heteroatoms. The average molecular weight is 386 g/mol. The molecule has 1 saturated heterocycles. The van der Waals surface area contributed by atoms with Gasteiger partial charge in [0.2, 0.25) is 9.84 Å². The Morgan fingerprint density at radius 1 is 1.25 bits per heavy atom. The fraction of sp³-hybridized carbons (Fsp3) is 0.312. The maximum atomic E-state index is 12.6. The lowest BCUT2D eigenvalue weighted by Crippen LogP contribution is -2.31. The van der Waals surface area contributed by atoms with Gasteiger partial charge >= 0.3 is 0 Å². The third-order valence-electron chi connectivity index (χ3n) is 3.71. The summed E-state index contributed by atoms with van der Waals surface area (Å²) in [5, 5.41) is 3.25. The van der Waals surface area contributed by atoms with Gasteiger partial charge in [-0.25, -0.2) is 8.42 Å². The summed E-state index contributed by atoms with van der Waals surface area (Å²) in [6.07, 6.45) is 1.98. The largest absolute Gasteiger partial charge is 0.376 e. The lowest BCUT2D eigenvalue weighted by Gasteiger charge is -2.09. The molecule has 1 unspecified atom stereocenters. The number of carbonyl (C=O) groups excluding carboxylic acids is 1. The van der Waals surface area contributed by atoms with E-state index in [-0.39, 0.29) is 21.1 Å². The van der Waals surface area contributed by atoms with Crippen LogP contribution in [-0.4, -0.2) is 33.6 Å². The minimum absolute atomic E-state index is 0.0474. The molecule has 0 radical (unpaired) electrons. The van der Waals surface area contributed by atoms with Gasteiger partial charge in [-0.15, -0.1) is 11.3 Å². The first-order valence-electron chi connectivity index (χ1n) is 7.47. The molecule has 1 fully saturated rings. The molecule has 1 N–H and O–H groups in total. The van der Waals surface area contributed by atoms with Crippen LogP contribution in [0.4, 0.5) is 0 Å². The number of halogens is 1. The first kappa shape index (κ1) is 17.4. The lowest BCUT2D eigenvalue weighted by molar-refractivity contribution is 0.0861. The molecular formula is C16H16ClNO4S2. The number of ether oxygens (including phenoxy) is 1. The molecule has 128 valence electrons. The Morgan fingerprint density at radius 2 is 2.00 bits per heavy atom. The van der Waals surface area contributed by atoms with Crippen molar-refractivity contribution in [2.45, 2.75) is 28.1 Å². The highest BCUT2D eigenvalue weighted by Gasteiger charge is 2.22.